The van der Waals surface area contributed by atoms with Gasteiger partial charge >= 0.3 is 0 Å². The van der Waals surface area contributed by atoms with Crippen LogP contribution in [0.2, 0.25) is 0 Å². The van der Waals surface area contributed by atoms with Crippen molar-refractivity contribution in [3.63, 3.8) is 0 Å². The fraction of sp³-hybridized carbons (Fsp3) is 0.731. The molecule has 0 saturated heterocycles. The molecule has 1 unspecified atom stereocenters. The minimum absolute atomic E-state index is 0.0448. The zero-order valence-corrected chi connectivity index (χ0v) is 18.3. The van der Waals surface area contributed by atoms with Gasteiger partial charge in [0.15, 0.2) is 5.78 Å². The summed E-state index contributed by atoms with van der Waals surface area (Å²) in [6.07, 6.45) is 20.9. The van der Waals surface area contributed by atoms with Crippen molar-refractivity contribution in [1.29, 1.82) is 0 Å². The molecular weight excluding hydrogens is 344 g/mol. The summed E-state index contributed by atoms with van der Waals surface area (Å²) in [5.41, 5.74) is 0.712. The smallest absolute Gasteiger partial charge is 0.165 e. The Kier molecular flexibility index (Phi) is 15.9. The van der Waals surface area contributed by atoms with E-state index in [1.807, 2.05) is 30.3 Å². The van der Waals surface area contributed by atoms with Crippen LogP contribution in [-0.2, 0) is 4.79 Å². The number of aliphatic hydroxyl groups is 1. The Balaban J connectivity index is 1.82. The lowest BCUT2D eigenvalue weighted by atomic mass is 10.00. The van der Waals surface area contributed by atoms with E-state index in [9.17, 15) is 9.90 Å². The SMILES string of the molecule is CCCCCCCCCCCCCCCCCCC(=O)C(O)c1ccccc1. The molecule has 0 aliphatic heterocycles. The van der Waals surface area contributed by atoms with Gasteiger partial charge in [0, 0.05) is 6.42 Å². The van der Waals surface area contributed by atoms with Gasteiger partial charge in [-0.15, -0.1) is 0 Å². The van der Waals surface area contributed by atoms with Crippen LogP contribution in [0.3, 0.4) is 0 Å². The minimum Gasteiger partial charge on any atom is -0.381 e. The van der Waals surface area contributed by atoms with Gasteiger partial charge in [0.2, 0.25) is 0 Å². The number of hydrogen-bond acceptors (Lipinski definition) is 2. The van der Waals surface area contributed by atoms with E-state index in [0.717, 1.165) is 12.8 Å². The monoisotopic (exact) mass is 388 g/mol. The molecule has 0 fully saturated rings. The maximum absolute atomic E-state index is 12.0. The van der Waals surface area contributed by atoms with Gasteiger partial charge in [-0.2, -0.15) is 0 Å². The van der Waals surface area contributed by atoms with Crippen LogP contribution in [0, 0.1) is 0 Å². The highest BCUT2D eigenvalue weighted by Gasteiger charge is 2.15. The number of aliphatic hydroxyl groups excluding tert-OH is 1. The van der Waals surface area contributed by atoms with Crippen LogP contribution in [0.15, 0.2) is 30.3 Å². The molecule has 0 aromatic heterocycles. The summed E-state index contributed by atoms with van der Waals surface area (Å²) in [6.45, 7) is 2.28. The lowest BCUT2D eigenvalue weighted by Crippen LogP contribution is -2.11. The second-order valence-corrected chi connectivity index (χ2v) is 8.33. The number of carbonyl (C=O) groups is 1. The zero-order valence-electron chi connectivity index (χ0n) is 18.3. The Bertz CT molecular complexity index is 469. The van der Waals surface area contributed by atoms with Crippen molar-refractivity contribution in [3.8, 4) is 0 Å². The van der Waals surface area contributed by atoms with Crippen LogP contribution < -0.4 is 0 Å². The Morgan fingerprint density at radius 2 is 1.07 bits per heavy atom. The standard InChI is InChI=1S/C26H44O2/c1-2-3-4-5-6-7-8-9-10-11-12-13-14-15-16-20-23-25(27)26(28)24-21-18-17-19-22-24/h17-19,21-22,26,28H,2-16,20,23H2,1H3. The lowest BCUT2D eigenvalue weighted by molar-refractivity contribution is -0.127. The summed E-state index contributed by atoms with van der Waals surface area (Å²) < 4.78 is 0. The van der Waals surface area contributed by atoms with E-state index in [2.05, 4.69) is 6.92 Å². The highest BCUT2D eigenvalue weighted by molar-refractivity contribution is 5.84. The molecule has 1 rings (SSSR count). The van der Waals surface area contributed by atoms with Gasteiger partial charge in [0.1, 0.15) is 6.10 Å². The van der Waals surface area contributed by atoms with Gasteiger partial charge in [-0.3, -0.25) is 4.79 Å². The van der Waals surface area contributed by atoms with E-state index in [1.165, 1.54) is 89.9 Å². The van der Waals surface area contributed by atoms with Crippen LogP contribution in [0.4, 0.5) is 0 Å². The first kappa shape index (κ1) is 24.9. The van der Waals surface area contributed by atoms with Crippen molar-refractivity contribution < 1.29 is 9.90 Å². The molecule has 2 nitrogen and oxygen atoms in total. The molecule has 0 aliphatic rings. The fourth-order valence-corrected chi connectivity index (χ4v) is 3.81. The number of Topliss-reactive ketones (excluding diaryl/α,β-unsaturated/α-hetero) is 1. The second-order valence-electron chi connectivity index (χ2n) is 8.33. The number of ketones is 1. The first-order chi connectivity index (χ1) is 13.8. The van der Waals surface area contributed by atoms with E-state index in [-0.39, 0.29) is 5.78 Å². The molecule has 1 aromatic rings. The molecule has 1 aromatic carbocycles. The van der Waals surface area contributed by atoms with Gasteiger partial charge in [0.05, 0.1) is 0 Å². The summed E-state index contributed by atoms with van der Waals surface area (Å²) >= 11 is 0. The molecule has 1 N–H and O–H groups in total. The van der Waals surface area contributed by atoms with E-state index in [0.29, 0.717) is 12.0 Å². The quantitative estimate of drug-likeness (QED) is 0.244. The van der Waals surface area contributed by atoms with E-state index in [4.69, 9.17) is 0 Å². The van der Waals surface area contributed by atoms with Gasteiger partial charge in [-0.1, -0.05) is 134 Å². The normalized spacial score (nSPS) is 12.2. The number of benzene rings is 1. The predicted molar refractivity (Wildman–Crippen MR) is 121 cm³/mol. The highest BCUT2D eigenvalue weighted by atomic mass is 16.3. The van der Waals surface area contributed by atoms with E-state index >= 15 is 0 Å². The topological polar surface area (TPSA) is 37.3 Å². The third kappa shape index (κ3) is 13.1. The maximum Gasteiger partial charge on any atom is 0.165 e. The number of rotatable bonds is 19. The lowest BCUT2D eigenvalue weighted by Gasteiger charge is -2.09. The molecule has 160 valence electrons. The molecule has 1 atom stereocenters. The van der Waals surface area contributed by atoms with Crippen LogP contribution in [0.1, 0.15) is 128 Å². The van der Waals surface area contributed by atoms with Crippen molar-refractivity contribution >= 4 is 5.78 Å². The fourth-order valence-electron chi connectivity index (χ4n) is 3.81. The van der Waals surface area contributed by atoms with Crippen molar-refractivity contribution in [2.75, 3.05) is 0 Å². The number of hydrogen-bond donors (Lipinski definition) is 1. The van der Waals surface area contributed by atoms with Crippen molar-refractivity contribution in [2.45, 2.75) is 122 Å². The molecule has 2 heteroatoms. The van der Waals surface area contributed by atoms with Gasteiger partial charge in [-0.25, -0.2) is 0 Å². The molecular formula is C26H44O2. The first-order valence-electron chi connectivity index (χ1n) is 12.0. The predicted octanol–water partition coefficient (Wildman–Crippen LogP) is 7.94. The summed E-state index contributed by atoms with van der Waals surface area (Å²) in [5.74, 6) is -0.0448. The molecule has 0 aliphatic carbocycles. The van der Waals surface area contributed by atoms with Crippen molar-refractivity contribution in [2.24, 2.45) is 0 Å². The van der Waals surface area contributed by atoms with E-state index < -0.39 is 6.10 Å². The third-order valence-corrected chi connectivity index (χ3v) is 5.70. The molecule has 0 radical (unpaired) electrons. The largest absolute Gasteiger partial charge is 0.381 e. The zero-order chi connectivity index (χ0) is 20.3. The number of carbonyl (C=O) groups excluding carboxylic acids is 1. The summed E-state index contributed by atoms with van der Waals surface area (Å²) in [4.78, 5) is 12.0. The van der Waals surface area contributed by atoms with Crippen molar-refractivity contribution in [3.05, 3.63) is 35.9 Å². The summed E-state index contributed by atoms with van der Waals surface area (Å²) in [5, 5.41) is 10.1. The maximum atomic E-state index is 12.0. The van der Waals surface area contributed by atoms with Crippen LogP contribution in [0.25, 0.3) is 0 Å². The Morgan fingerprint density at radius 3 is 1.50 bits per heavy atom. The Morgan fingerprint density at radius 1 is 0.679 bits per heavy atom. The summed E-state index contributed by atoms with van der Waals surface area (Å²) in [6, 6.07) is 9.25. The highest BCUT2D eigenvalue weighted by Crippen LogP contribution is 2.18. The van der Waals surface area contributed by atoms with E-state index in [1.54, 1.807) is 0 Å². The first-order valence-corrected chi connectivity index (χ1v) is 12.0. The van der Waals surface area contributed by atoms with Gasteiger partial charge < -0.3 is 5.11 Å². The van der Waals surface area contributed by atoms with Crippen molar-refractivity contribution in [1.82, 2.24) is 0 Å². The van der Waals surface area contributed by atoms with Crippen LogP contribution >= 0.6 is 0 Å². The Hall–Kier alpha value is -1.15. The average Bonchev–Trinajstić information content (AvgIpc) is 2.73. The average molecular weight is 389 g/mol. The minimum atomic E-state index is -0.947. The van der Waals surface area contributed by atoms with Gasteiger partial charge in [-0.05, 0) is 12.0 Å². The molecule has 0 heterocycles. The number of unbranched alkanes of at least 4 members (excludes halogenated alkanes) is 15. The third-order valence-electron chi connectivity index (χ3n) is 5.70. The molecule has 0 amide bonds. The summed E-state index contributed by atoms with van der Waals surface area (Å²) in [7, 11) is 0. The van der Waals surface area contributed by atoms with Crippen LogP contribution in [0.5, 0.6) is 0 Å². The molecule has 0 spiro atoms. The second kappa shape index (κ2) is 17.9. The Labute approximate surface area is 174 Å². The van der Waals surface area contributed by atoms with Crippen LogP contribution in [-0.4, -0.2) is 10.9 Å². The molecule has 0 saturated carbocycles. The molecule has 28 heavy (non-hydrogen) atoms. The van der Waals surface area contributed by atoms with Gasteiger partial charge in [0.25, 0.3) is 0 Å². The molecule has 0 bridgehead atoms.